The average molecular weight is 255 g/mol. The molecule has 2 atom stereocenters. The standard InChI is InChI=1S/C12H21N3O3/c1-17-8-7-15-11(16)14-10(13)12(15)6-4-3-5-9(12)18-2/h9H,3-8H2,1-2H3,(H2,13,14,16). The van der Waals surface area contributed by atoms with Gasteiger partial charge in [-0.1, -0.05) is 12.8 Å². The third kappa shape index (κ3) is 1.89. The van der Waals surface area contributed by atoms with Crippen LogP contribution in [0.25, 0.3) is 0 Å². The van der Waals surface area contributed by atoms with Crippen molar-refractivity contribution in [2.75, 3.05) is 27.4 Å². The average Bonchev–Trinajstić information content (AvgIpc) is 2.60. The fraction of sp³-hybridized carbons (Fsp3) is 0.833. The minimum absolute atomic E-state index is 0.0710. The zero-order chi connectivity index (χ0) is 13.2. The van der Waals surface area contributed by atoms with Gasteiger partial charge in [0.15, 0.2) is 0 Å². The molecule has 1 saturated carbocycles. The molecule has 102 valence electrons. The number of urea groups is 1. The molecule has 0 radical (unpaired) electrons. The normalized spacial score (nSPS) is 32.1. The SMILES string of the molecule is COCCN1C(=O)N=C(N)C12CCCCC2OC. The van der Waals surface area contributed by atoms with Crippen LogP contribution < -0.4 is 5.73 Å². The summed E-state index contributed by atoms with van der Waals surface area (Å²) in [6.07, 6.45) is 3.78. The number of amides is 2. The lowest BCUT2D eigenvalue weighted by atomic mass is 9.77. The number of aliphatic imine (C=N–C) groups is 1. The Morgan fingerprint density at radius 2 is 2.28 bits per heavy atom. The van der Waals surface area contributed by atoms with E-state index in [4.69, 9.17) is 15.2 Å². The molecule has 0 bridgehead atoms. The molecule has 2 amide bonds. The van der Waals surface area contributed by atoms with Gasteiger partial charge in [0.1, 0.15) is 11.4 Å². The molecular formula is C12H21N3O3. The fourth-order valence-electron chi connectivity index (χ4n) is 3.09. The molecule has 1 heterocycles. The maximum Gasteiger partial charge on any atom is 0.346 e. The third-order valence-corrected chi connectivity index (χ3v) is 3.98. The first kappa shape index (κ1) is 13.3. The van der Waals surface area contributed by atoms with Crippen LogP contribution in [0.5, 0.6) is 0 Å². The second-order valence-corrected chi connectivity index (χ2v) is 4.82. The van der Waals surface area contributed by atoms with E-state index in [1.807, 2.05) is 0 Å². The number of hydrogen-bond acceptors (Lipinski definition) is 4. The lowest BCUT2D eigenvalue weighted by Crippen LogP contribution is -2.63. The van der Waals surface area contributed by atoms with Gasteiger partial charge in [-0.15, -0.1) is 0 Å². The smallest absolute Gasteiger partial charge is 0.346 e. The molecule has 0 aromatic carbocycles. The maximum atomic E-state index is 12.0. The topological polar surface area (TPSA) is 77.2 Å². The minimum atomic E-state index is -0.553. The Hall–Kier alpha value is -1.14. The number of amidine groups is 1. The van der Waals surface area contributed by atoms with Crippen molar-refractivity contribution in [3.63, 3.8) is 0 Å². The van der Waals surface area contributed by atoms with Crippen LogP contribution in [0.3, 0.4) is 0 Å². The van der Waals surface area contributed by atoms with Crippen LogP contribution in [0.4, 0.5) is 4.79 Å². The highest BCUT2D eigenvalue weighted by Gasteiger charge is 2.54. The lowest BCUT2D eigenvalue weighted by molar-refractivity contribution is -0.0257. The first-order chi connectivity index (χ1) is 8.66. The molecule has 6 nitrogen and oxygen atoms in total. The molecule has 18 heavy (non-hydrogen) atoms. The number of nitrogens with two attached hydrogens (primary N) is 1. The van der Waals surface area contributed by atoms with E-state index in [9.17, 15) is 4.79 Å². The summed E-state index contributed by atoms with van der Waals surface area (Å²) in [6.45, 7) is 0.978. The second-order valence-electron chi connectivity index (χ2n) is 4.82. The number of hydrogen-bond donors (Lipinski definition) is 1. The maximum absolute atomic E-state index is 12.0. The van der Waals surface area contributed by atoms with Gasteiger partial charge >= 0.3 is 6.03 Å². The molecule has 0 aromatic rings. The van der Waals surface area contributed by atoms with E-state index >= 15 is 0 Å². The first-order valence-electron chi connectivity index (χ1n) is 6.34. The number of carbonyl (C=O) groups excluding carboxylic acids is 1. The summed E-state index contributed by atoms with van der Waals surface area (Å²) in [7, 11) is 3.29. The van der Waals surface area contributed by atoms with Crippen LogP contribution in [0.2, 0.25) is 0 Å². The van der Waals surface area contributed by atoms with Gasteiger partial charge in [0, 0.05) is 20.8 Å². The molecule has 1 spiro atoms. The van der Waals surface area contributed by atoms with Crippen LogP contribution in [0.1, 0.15) is 25.7 Å². The second kappa shape index (κ2) is 5.24. The predicted octanol–water partition coefficient (Wildman–Crippen LogP) is 0.753. The molecule has 2 N–H and O–H groups in total. The van der Waals surface area contributed by atoms with E-state index in [1.54, 1.807) is 19.1 Å². The summed E-state index contributed by atoms with van der Waals surface area (Å²) in [6, 6.07) is -0.270. The Morgan fingerprint density at radius 1 is 1.50 bits per heavy atom. The number of rotatable bonds is 4. The first-order valence-corrected chi connectivity index (χ1v) is 6.34. The quantitative estimate of drug-likeness (QED) is 0.804. The molecule has 2 rings (SSSR count). The van der Waals surface area contributed by atoms with Crippen LogP contribution in [0.15, 0.2) is 4.99 Å². The Morgan fingerprint density at radius 3 is 2.94 bits per heavy atom. The van der Waals surface area contributed by atoms with Gasteiger partial charge in [0.05, 0.1) is 12.7 Å². The summed E-state index contributed by atoms with van der Waals surface area (Å²) in [5, 5.41) is 0. The van der Waals surface area contributed by atoms with Crippen LogP contribution >= 0.6 is 0 Å². The highest BCUT2D eigenvalue weighted by Crippen LogP contribution is 2.39. The van der Waals surface area contributed by atoms with Gasteiger partial charge in [0.25, 0.3) is 0 Å². The molecule has 1 fully saturated rings. The summed E-state index contributed by atoms with van der Waals surface area (Å²) >= 11 is 0. The Bertz CT molecular complexity index is 358. The lowest BCUT2D eigenvalue weighted by Gasteiger charge is -2.45. The van der Waals surface area contributed by atoms with E-state index in [2.05, 4.69) is 4.99 Å². The third-order valence-electron chi connectivity index (χ3n) is 3.98. The van der Waals surface area contributed by atoms with E-state index in [0.717, 1.165) is 25.7 Å². The van der Waals surface area contributed by atoms with Crippen molar-refractivity contribution in [1.29, 1.82) is 0 Å². The van der Waals surface area contributed by atoms with E-state index in [1.165, 1.54) is 0 Å². The van der Waals surface area contributed by atoms with Gasteiger partial charge in [-0.2, -0.15) is 4.99 Å². The zero-order valence-electron chi connectivity index (χ0n) is 11.0. The van der Waals surface area contributed by atoms with E-state index < -0.39 is 5.54 Å². The summed E-state index contributed by atoms with van der Waals surface area (Å²) < 4.78 is 10.6. The van der Waals surface area contributed by atoms with E-state index in [0.29, 0.717) is 19.0 Å². The largest absolute Gasteiger partial charge is 0.385 e. The van der Waals surface area contributed by atoms with Gasteiger partial charge in [-0.3, -0.25) is 0 Å². The molecule has 2 aliphatic rings. The zero-order valence-corrected chi connectivity index (χ0v) is 11.0. The molecule has 0 aromatic heterocycles. The number of methoxy groups -OCH3 is 2. The predicted molar refractivity (Wildman–Crippen MR) is 67.6 cm³/mol. The molecule has 6 heteroatoms. The number of ether oxygens (including phenoxy) is 2. The fourth-order valence-corrected chi connectivity index (χ4v) is 3.09. The number of carbonyl (C=O) groups is 1. The van der Waals surface area contributed by atoms with Crippen molar-refractivity contribution in [3.05, 3.63) is 0 Å². The monoisotopic (exact) mass is 255 g/mol. The summed E-state index contributed by atoms with van der Waals surface area (Å²) in [4.78, 5) is 17.6. The highest BCUT2D eigenvalue weighted by atomic mass is 16.5. The molecule has 0 saturated heterocycles. The molecule has 1 aliphatic carbocycles. The molecule has 1 aliphatic heterocycles. The summed E-state index contributed by atoms with van der Waals surface area (Å²) in [5.41, 5.74) is 5.48. The highest BCUT2D eigenvalue weighted by molar-refractivity contribution is 6.06. The van der Waals surface area contributed by atoms with Gasteiger partial charge in [-0.25, -0.2) is 4.79 Å². The van der Waals surface area contributed by atoms with Gasteiger partial charge in [0.2, 0.25) is 0 Å². The van der Waals surface area contributed by atoms with Crippen molar-refractivity contribution < 1.29 is 14.3 Å². The van der Waals surface area contributed by atoms with Crippen molar-refractivity contribution in [2.45, 2.75) is 37.3 Å². The van der Waals surface area contributed by atoms with Gasteiger partial charge in [-0.05, 0) is 12.8 Å². The minimum Gasteiger partial charge on any atom is -0.385 e. The number of nitrogens with zero attached hydrogens (tertiary/aromatic N) is 2. The van der Waals surface area contributed by atoms with Crippen molar-refractivity contribution >= 4 is 11.9 Å². The van der Waals surface area contributed by atoms with Crippen molar-refractivity contribution in [3.8, 4) is 0 Å². The summed E-state index contributed by atoms with van der Waals surface area (Å²) in [5.74, 6) is 0.398. The van der Waals surface area contributed by atoms with Gasteiger partial charge < -0.3 is 20.1 Å². The van der Waals surface area contributed by atoms with E-state index in [-0.39, 0.29) is 12.1 Å². The van der Waals surface area contributed by atoms with Crippen molar-refractivity contribution in [2.24, 2.45) is 10.7 Å². The Kier molecular flexibility index (Phi) is 3.87. The molecular weight excluding hydrogens is 234 g/mol. The van der Waals surface area contributed by atoms with Crippen molar-refractivity contribution in [1.82, 2.24) is 4.90 Å². The van der Waals surface area contributed by atoms with Crippen LogP contribution in [-0.4, -0.2) is 55.8 Å². The Balaban J connectivity index is 2.29. The van der Waals surface area contributed by atoms with Crippen LogP contribution in [-0.2, 0) is 9.47 Å². The van der Waals surface area contributed by atoms with Crippen LogP contribution in [0, 0.1) is 0 Å². The Labute approximate surface area is 107 Å². The molecule has 2 unspecified atom stereocenters.